The van der Waals surface area contributed by atoms with Crippen LogP contribution in [0.5, 0.6) is 0 Å². The van der Waals surface area contributed by atoms with E-state index in [1.807, 2.05) is 0 Å². The van der Waals surface area contributed by atoms with Gasteiger partial charge in [0.05, 0.1) is 24.6 Å². The van der Waals surface area contributed by atoms with Crippen molar-refractivity contribution in [1.29, 1.82) is 0 Å². The highest BCUT2D eigenvalue weighted by Gasteiger charge is 2.11. The Morgan fingerprint density at radius 2 is 2.43 bits per heavy atom. The molecule has 0 atom stereocenters. The first-order chi connectivity index (χ1) is 6.69. The molecule has 1 heterocycles. The van der Waals surface area contributed by atoms with E-state index in [0.29, 0.717) is 5.69 Å². The van der Waals surface area contributed by atoms with Gasteiger partial charge in [0.2, 0.25) is 0 Å². The number of oxime groups is 1. The van der Waals surface area contributed by atoms with Crippen molar-refractivity contribution in [3.8, 4) is 0 Å². The normalized spacial score (nSPS) is 10.4. The van der Waals surface area contributed by atoms with Gasteiger partial charge in [0.15, 0.2) is 0 Å². The molecule has 0 aliphatic heterocycles. The summed E-state index contributed by atoms with van der Waals surface area (Å²) >= 11 is 5.68. The highest BCUT2D eigenvalue weighted by atomic mass is 35.5. The largest absolute Gasteiger partial charge is 0.465 e. The van der Waals surface area contributed by atoms with Crippen molar-refractivity contribution in [2.45, 2.75) is 0 Å². The van der Waals surface area contributed by atoms with Crippen molar-refractivity contribution in [2.24, 2.45) is 5.16 Å². The van der Waals surface area contributed by atoms with Gasteiger partial charge in [-0.15, -0.1) is 0 Å². The molecule has 74 valence electrons. The van der Waals surface area contributed by atoms with Crippen LogP contribution in [0, 0.1) is 0 Å². The van der Waals surface area contributed by atoms with E-state index >= 15 is 0 Å². The fourth-order valence-corrected chi connectivity index (χ4v) is 1.08. The Morgan fingerprint density at radius 3 is 2.93 bits per heavy atom. The van der Waals surface area contributed by atoms with E-state index in [1.54, 1.807) is 0 Å². The molecule has 0 aromatic carbocycles. The topological polar surface area (TPSA) is 71.8 Å². The van der Waals surface area contributed by atoms with Crippen molar-refractivity contribution in [3.05, 3.63) is 28.5 Å². The van der Waals surface area contributed by atoms with Gasteiger partial charge in [0, 0.05) is 0 Å². The van der Waals surface area contributed by atoms with Crippen LogP contribution in [-0.4, -0.2) is 29.5 Å². The van der Waals surface area contributed by atoms with E-state index in [1.165, 1.54) is 19.2 Å². The molecule has 1 N–H and O–H groups in total. The summed E-state index contributed by atoms with van der Waals surface area (Å²) in [4.78, 5) is 14.9. The van der Waals surface area contributed by atoms with Crippen molar-refractivity contribution in [2.75, 3.05) is 7.11 Å². The molecular weight excluding hydrogens is 208 g/mol. The molecule has 1 rings (SSSR count). The van der Waals surface area contributed by atoms with Crippen LogP contribution in [0.2, 0.25) is 5.15 Å². The van der Waals surface area contributed by atoms with Gasteiger partial charge in [0.1, 0.15) is 5.15 Å². The lowest BCUT2D eigenvalue weighted by atomic mass is 10.2. The van der Waals surface area contributed by atoms with E-state index in [2.05, 4.69) is 14.9 Å². The lowest BCUT2D eigenvalue weighted by molar-refractivity contribution is 0.0600. The number of pyridine rings is 1. The van der Waals surface area contributed by atoms with Crippen LogP contribution in [0.1, 0.15) is 16.1 Å². The fraction of sp³-hybridized carbons (Fsp3) is 0.125. The van der Waals surface area contributed by atoms with Gasteiger partial charge in [-0.25, -0.2) is 9.78 Å². The summed E-state index contributed by atoms with van der Waals surface area (Å²) in [6.07, 6.45) is 1.10. The van der Waals surface area contributed by atoms with Crippen LogP contribution in [0.3, 0.4) is 0 Å². The molecule has 5 nitrogen and oxygen atoms in total. The number of ether oxygens (including phenoxy) is 1. The molecule has 0 amide bonds. The first-order valence-electron chi connectivity index (χ1n) is 3.61. The number of carbonyl (C=O) groups excluding carboxylic acids is 1. The second-order valence-corrected chi connectivity index (χ2v) is 2.67. The van der Waals surface area contributed by atoms with Crippen molar-refractivity contribution in [1.82, 2.24) is 4.98 Å². The Labute approximate surface area is 85.0 Å². The standard InChI is InChI=1S/C8H7ClN2O3/c1-14-8(12)6-3-2-5(4-10-13)11-7(6)9/h2-4,13H,1H3. The lowest BCUT2D eigenvalue weighted by Crippen LogP contribution is -2.04. The van der Waals surface area contributed by atoms with Crippen molar-refractivity contribution < 1.29 is 14.7 Å². The molecule has 0 radical (unpaired) electrons. The number of hydrogen-bond donors (Lipinski definition) is 1. The molecule has 0 bridgehead atoms. The molecule has 1 aromatic rings. The SMILES string of the molecule is COC(=O)c1ccc(C=NO)nc1Cl. The summed E-state index contributed by atoms with van der Waals surface area (Å²) in [5.74, 6) is -0.560. The number of carbonyl (C=O) groups is 1. The van der Waals surface area contributed by atoms with E-state index in [4.69, 9.17) is 16.8 Å². The van der Waals surface area contributed by atoms with Crippen LogP contribution in [-0.2, 0) is 4.74 Å². The summed E-state index contributed by atoms with van der Waals surface area (Å²) in [6.45, 7) is 0. The smallest absolute Gasteiger partial charge is 0.341 e. The maximum atomic E-state index is 11.1. The molecule has 0 unspecified atom stereocenters. The van der Waals surface area contributed by atoms with Crippen LogP contribution in [0.4, 0.5) is 0 Å². The lowest BCUT2D eigenvalue weighted by Gasteiger charge is -2.01. The number of aromatic nitrogens is 1. The molecule has 0 aliphatic rings. The van der Waals surface area contributed by atoms with Gasteiger partial charge in [-0.3, -0.25) is 0 Å². The molecule has 6 heteroatoms. The molecule has 1 aromatic heterocycles. The zero-order valence-electron chi connectivity index (χ0n) is 7.27. The van der Waals surface area contributed by atoms with Gasteiger partial charge < -0.3 is 9.94 Å². The first kappa shape index (κ1) is 10.5. The number of methoxy groups -OCH3 is 1. The average molecular weight is 215 g/mol. The maximum absolute atomic E-state index is 11.1. The van der Waals surface area contributed by atoms with Crippen LogP contribution in [0.15, 0.2) is 17.3 Å². The minimum Gasteiger partial charge on any atom is -0.465 e. The molecule has 0 saturated heterocycles. The van der Waals surface area contributed by atoms with E-state index in [-0.39, 0.29) is 10.7 Å². The minimum absolute atomic E-state index is 0.00856. The number of hydrogen-bond acceptors (Lipinski definition) is 5. The number of esters is 1. The predicted molar refractivity (Wildman–Crippen MR) is 50.0 cm³/mol. The molecular formula is C8H7ClN2O3. The molecule has 0 aliphatic carbocycles. The summed E-state index contributed by atoms with van der Waals surface area (Å²) in [5.41, 5.74) is 0.523. The maximum Gasteiger partial charge on any atom is 0.341 e. The van der Waals surface area contributed by atoms with Crippen LogP contribution >= 0.6 is 11.6 Å². The first-order valence-corrected chi connectivity index (χ1v) is 3.99. The Balaban J connectivity index is 3.07. The minimum atomic E-state index is -0.560. The van der Waals surface area contributed by atoms with Gasteiger partial charge in [0.25, 0.3) is 0 Å². The van der Waals surface area contributed by atoms with Crippen molar-refractivity contribution in [3.63, 3.8) is 0 Å². The highest BCUT2D eigenvalue weighted by molar-refractivity contribution is 6.32. The van der Waals surface area contributed by atoms with E-state index in [9.17, 15) is 4.79 Å². The Kier molecular flexibility index (Phi) is 3.41. The predicted octanol–water partition coefficient (Wildman–Crippen LogP) is 1.33. The molecule has 0 fully saturated rings. The summed E-state index contributed by atoms with van der Waals surface area (Å²) in [6, 6.07) is 2.93. The van der Waals surface area contributed by atoms with Gasteiger partial charge >= 0.3 is 5.97 Å². The summed E-state index contributed by atoms with van der Waals surface area (Å²) < 4.78 is 4.47. The Bertz CT molecular complexity index is 379. The number of rotatable bonds is 2. The Morgan fingerprint density at radius 1 is 1.71 bits per heavy atom. The third-order valence-electron chi connectivity index (χ3n) is 1.47. The highest BCUT2D eigenvalue weighted by Crippen LogP contribution is 2.13. The molecule has 14 heavy (non-hydrogen) atoms. The van der Waals surface area contributed by atoms with E-state index in [0.717, 1.165) is 6.21 Å². The fourth-order valence-electron chi connectivity index (χ4n) is 0.842. The summed E-state index contributed by atoms with van der Waals surface area (Å²) in [5, 5.41) is 11.0. The zero-order valence-corrected chi connectivity index (χ0v) is 8.02. The summed E-state index contributed by atoms with van der Waals surface area (Å²) in [7, 11) is 1.25. The number of nitrogens with zero attached hydrogens (tertiary/aromatic N) is 2. The quantitative estimate of drug-likeness (QED) is 0.265. The monoisotopic (exact) mass is 214 g/mol. The van der Waals surface area contributed by atoms with Gasteiger partial charge in [-0.2, -0.15) is 0 Å². The van der Waals surface area contributed by atoms with E-state index < -0.39 is 5.97 Å². The second kappa shape index (κ2) is 4.57. The third-order valence-corrected chi connectivity index (χ3v) is 1.75. The molecule has 0 spiro atoms. The van der Waals surface area contributed by atoms with Crippen molar-refractivity contribution >= 4 is 23.8 Å². The number of halogens is 1. The van der Waals surface area contributed by atoms with Gasteiger partial charge in [-0.1, -0.05) is 16.8 Å². The van der Waals surface area contributed by atoms with Crippen LogP contribution < -0.4 is 0 Å². The van der Waals surface area contributed by atoms with Crippen LogP contribution in [0.25, 0.3) is 0 Å². The Hall–Kier alpha value is -1.62. The average Bonchev–Trinajstić information content (AvgIpc) is 2.17. The van der Waals surface area contributed by atoms with Gasteiger partial charge in [-0.05, 0) is 12.1 Å². The molecule has 0 saturated carbocycles. The second-order valence-electron chi connectivity index (χ2n) is 2.31. The third kappa shape index (κ3) is 2.20. The zero-order chi connectivity index (χ0) is 10.6.